The van der Waals surface area contributed by atoms with E-state index in [0.717, 1.165) is 55.8 Å². The van der Waals surface area contributed by atoms with Gasteiger partial charge in [0.2, 0.25) is 0 Å². The molecule has 0 N–H and O–H groups in total. The lowest BCUT2D eigenvalue weighted by atomic mass is 9.68. The van der Waals surface area contributed by atoms with E-state index in [1.807, 2.05) is 54.6 Å². The Morgan fingerprint density at radius 2 is 0.778 bits per heavy atom. The summed E-state index contributed by atoms with van der Waals surface area (Å²) < 4.78 is 13.7. The molecule has 0 radical (unpaired) electrons. The summed E-state index contributed by atoms with van der Waals surface area (Å²) in [5.41, 5.74) is 13.4. The fourth-order valence-corrected chi connectivity index (χ4v) is 9.37. The van der Waals surface area contributed by atoms with E-state index in [4.69, 9.17) is 24.4 Å². The van der Waals surface area contributed by atoms with Gasteiger partial charge in [0, 0.05) is 22.3 Å². The van der Waals surface area contributed by atoms with Crippen molar-refractivity contribution in [3.8, 4) is 90.5 Å². The standard InChI is InChI=1S/C58H37N3O2/c1-5-16-38(17-6-1)39-28-30-41(31-29-39)56-59-55(40-18-7-2-8-19-40)60-57(61-56)44-21-15-20-42(36-44)43-32-34-50-52(37-43)62-51-35-33-49-53(54(51)63-50)47-26-13-14-27-48(47)58(49,45-22-9-3-10-23-45)46-24-11-4-12-25-46/h1-37H. The van der Waals surface area contributed by atoms with Crippen LogP contribution < -0.4 is 9.47 Å². The smallest absolute Gasteiger partial charge is 0.178 e. The molecule has 1 aromatic heterocycles. The number of rotatable bonds is 7. The van der Waals surface area contributed by atoms with Crippen LogP contribution in [0.3, 0.4) is 0 Å². The van der Waals surface area contributed by atoms with Gasteiger partial charge in [-0.05, 0) is 74.3 Å². The Balaban J connectivity index is 0.910. The molecule has 63 heavy (non-hydrogen) atoms. The summed E-state index contributed by atoms with van der Waals surface area (Å²) in [4.78, 5) is 15.0. The maximum atomic E-state index is 6.92. The lowest BCUT2D eigenvalue weighted by Gasteiger charge is -2.34. The summed E-state index contributed by atoms with van der Waals surface area (Å²) in [6, 6.07) is 77.8. The van der Waals surface area contributed by atoms with E-state index >= 15 is 0 Å². The average molecular weight is 808 g/mol. The number of fused-ring (bicyclic) bond motifs is 6. The third-order valence-corrected chi connectivity index (χ3v) is 12.3. The molecule has 2 aliphatic rings. The van der Waals surface area contributed by atoms with Crippen molar-refractivity contribution in [1.29, 1.82) is 0 Å². The molecule has 1 aliphatic carbocycles. The Labute approximate surface area is 365 Å². The van der Waals surface area contributed by atoms with Crippen LogP contribution in [0.15, 0.2) is 224 Å². The fourth-order valence-electron chi connectivity index (χ4n) is 9.37. The van der Waals surface area contributed by atoms with Crippen LogP contribution >= 0.6 is 0 Å². The van der Waals surface area contributed by atoms with Crippen LogP contribution in [0.5, 0.6) is 23.0 Å². The lowest BCUT2D eigenvalue weighted by molar-refractivity contribution is 0.360. The van der Waals surface area contributed by atoms with Crippen molar-refractivity contribution in [2.75, 3.05) is 0 Å². The number of hydrogen-bond donors (Lipinski definition) is 0. The lowest BCUT2D eigenvalue weighted by Crippen LogP contribution is -2.28. The number of nitrogens with zero attached hydrogens (tertiary/aromatic N) is 3. The van der Waals surface area contributed by atoms with E-state index in [1.54, 1.807) is 0 Å². The van der Waals surface area contributed by atoms with Gasteiger partial charge in [-0.2, -0.15) is 0 Å². The Hall–Kier alpha value is -8.41. The Morgan fingerprint density at radius 1 is 0.302 bits per heavy atom. The minimum Gasteiger partial charge on any atom is -0.449 e. The summed E-state index contributed by atoms with van der Waals surface area (Å²) in [6.07, 6.45) is 0. The molecule has 10 aromatic rings. The predicted octanol–water partition coefficient (Wildman–Crippen LogP) is 14.5. The Morgan fingerprint density at radius 3 is 1.46 bits per heavy atom. The number of benzene rings is 9. The van der Waals surface area contributed by atoms with Crippen LogP contribution in [0, 0.1) is 0 Å². The van der Waals surface area contributed by atoms with Gasteiger partial charge in [0.25, 0.3) is 0 Å². The van der Waals surface area contributed by atoms with Gasteiger partial charge in [-0.3, -0.25) is 0 Å². The van der Waals surface area contributed by atoms with Crippen molar-refractivity contribution in [3.05, 3.63) is 247 Å². The van der Waals surface area contributed by atoms with Gasteiger partial charge in [0.1, 0.15) is 0 Å². The van der Waals surface area contributed by atoms with Gasteiger partial charge < -0.3 is 9.47 Å². The number of hydrogen-bond acceptors (Lipinski definition) is 5. The van der Waals surface area contributed by atoms with Gasteiger partial charge >= 0.3 is 0 Å². The van der Waals surface area contributed by atoms with Gasteiger partial charge in [0.05, 0.1) is 5.41 Å². The molecule has 2 heterocycles. The highest BCUT2D eigenvalue weighted by molar-refractivity contribution is 5.92. The quantitative estimate of drug-likeness (QED) is 0.161. The van der Waals surface area contributed by atoms with E-state index in [1.165, 1.54) is 22.3 Å². The van der Waals surface area contributed by atoms with Crippen LogP contribution in [-0.2, 0) is 5.41 Å². The zero-order valence-electron chi connectivity index (χ0n) is 34.0. The fraction of sp³-hybridized carbons (Fsp3) is 0.0172. The minimum atomic E-state index is -0.532. The summed E-state index contributed by atoms with van der Waals surface area (Å²) in [5.74, 6) is 4.55. The third-order valence-electron chi connectivity index (χ3n) is 12.3. The molecule has 0 bridgehead atoms. The molecule has 5 nitrogen and oxygen atoms in total. The highest BCUT2D eigenvalue weighted by Crippen LogP contribution is 2.62. The molecule has 0 spiro atoms. The van der Waals surface area contributed by atoms with E-state index in [2.05, 4.69) is 170 Å². The second-order valence-electron chi connectivity index (χ2n) is 15.9. The Bertz CT molecular complexity index is 3280. The van der Waals surface area contributed by atoms with E-state index in [0.29, 0.717) is 34.7 Å². The zero-order valence-corrected chi connectivity index (χ0v) is 34.0. The van der Waals surface area contributed by atoms with Gasteiger partial charge in [-0.25, -0.2) is 15.0 Å². The SMILES string of the molecule is c1ccc(-c2ccc(-c3nc(-c4ccccc4)nc(-c4cccc(-c5ccc6c(c5)Oc5ccc7c(c5O6)-c5ccccc5C7(c5ccccc5)c5ccccc5)c4)n3)cc2)cc1. The van der Waals surface area contributed by atoms with Gasteiger partial charge in [-0.1, -0.05) is 200 Å². The van der Waals surface area contributed by atoms with Crippen LogP contribution in [0.1, 0.15) is 22.3 Å². The van der Waals surface area contributed by atoms with Gasteiger partial charge in [-0.15, -0.1) is 0 Å². The van der Waals surface area contributed by atoms with Crippen LogP contribution in [0.4, 0.5) is 0 Å². The first-order valence-corrected chi connectivity index (χ1v) is 21.2. The van der Waals surface area contributed by atoms with Crippen LogP contribution in [-0.4, -0.2) is 15.0 Å². The molecule has 0 atom stereocenters. The second kappa shape index (κ2) is 14.9. The largest absolute Gasteiger partial charge is 0.449 e. The van der Waals surface area contributed by atoms with Crippen molar-refractivity contribution in [1.82, 2.24) is 15.0 Å². The third kappa shape index (κ3) is 6.13. The monoisotopic (exact) mass is 807 g/mol. The van der Waals surface area contributed by atoms with Crippen molar-refractivity contribution >= 4 is 0 Å². The number of aromatic nitrogens is 3. The first-order chi connectivity index (χ1) is 31.2. The number of ether oxygens (including phenoxy) is 2. The van der Waals surface area contributed by atoms with Crippen molar-refractivity contribution in [2.45, 2.75) is 5.41 Å². The zero-order chi connectivity index (χ0) is 41.7. The van der Waals surface area contributed by atoms with E-state index in [-0.39, 0.29) is 0 Å². The molecule has 0 unspecified atom stereocenters. The molecular weight excluding hydrogens is 771 g/mol. The van der Waals surface area contributed by atoms with Gasteiger partial charge in [0.15, 0.2) is 40.5 Å². The topological polar surface area (TPSA) is 57.1 Å². The highest BCUT2D eigenvalue weighted by Gasteiger charge is 2.48. The molecule has 1 aliphatic heterocycles. The molecule has 0 saturated carbocycles. The second-order valence-corrected chi connectivity index (χ2v) is 15.9. The summed E-state index contributed by atoms with van der Waals surface area (Å²) in [7, 11) is 0. The maximum absolute atomic E-state index is 6.92. The first-order valence-electron chi connectivity index (χ1n) is 21.2. The normalized spacial score (nSPS) is 12.8. The molecular formula is C58H37N3O2. The highest BCUT2D eigenvalue weighted by atomic mass is 16.6. The molecule has 0 saturated heterocycles. The summed E-state index contributed by atoms with van der Waals surface area (Å²) in [5, 5.41) is 0. The van der Waals surface area contributed by atoms with Crippen molar-refractivity contribution in [2.24, 2.45) is 0 Å². The maximum Gasteiger partial charge on any atom is 0.178 e. The van der Waals surface area contributed by atoms with Crippen LogP contribution in [0.25, 0.3) is 67.5 Å². The molecule has 0 amide bonds. The minimum absolute atomic E-state index is 0.532. The van der Waals surface area contributed by atoms with E-state index in [9.17, 15) is 0 Å². The Kier molecular flexibility index (Phi) is 8.64. The summed E-state index contributed by atoms with van der Waals surface area (Å²) >= 11 is 0. The first kappa shape index (κ1) is 36.4. The average Bonchev–Trinajstić information content (AvgIpc) is 3.68. The molecule has 5 heteroatoms. The predicted molar refractivity (Wildman–Crippen MR) is 251 cm³/mol. The van der Waals surface area contributed by atoms with Crippen molar-refractivity contribution in [3.63, 3.8) is 0 Å². The molecule has 296 valence electrons. The van der Waals surface area contributed by atoms with E-state index < -0.39 is 5.41 Å². The molecule has 12 rings (SSSR count). The molecule has 9 aromatic carbocycles. The summed E-state index contributed by atoms with van der Waals surface area (Å²) in [6.45, 7) is 0. The molecule has 0 fully saturated rings. The van der Waals surface area contributed by atoms with Crippen LogP contribution in [0.2, 0.25) is 0 Å². The van der Waals surface area contributed by atoms with Crippen molar-refractivity contribution < 1.29 is 9.47 Å².